The summed E-state index contributed by atoms with van der Waals surface area (Å²) in [6.07, 6.45) is 6.75. The van der Waals surface area contributed by atoms with Crippen LogP contribution < -0.4 is 20.3 Å². The molecule has 7 nitrogen and oxygen atoms in total. The Balaban J connectivity index is 1.59. The second-order valence-electron chi connectivity index (χ2n) is 6.28. The van der Waals surface area contributed by atoms with Gasteiger partial charge in [-0.25, -0.2) is 0 Å². The molecule has 2 heterocycles. The van der Waals surface area contributed by atoms with E-state index in [-0.39, 0.29) is 11.5 Å². The second kappa shape index (κ2) is 8.47. The van der Waals surface area contributed by atoms with Crippen LogP contribution in [-0.4, -0.2) is 35.8 Å². The lowest BCUT2D eigenvalue weighted by Crippen LogP contribution is -2.30. The van der Waals surface area contributed by atoms with Crippen molar-refractivity contribution in [1.29, 1.82) is 0 Å². The van der Waals surface area contributed by atoms with Gasteiger partial charge in [0.1, 0.15) is 5.52 Å². The van der Waals surface area contributed by atoms with Crippen LogP contribution in [0.25, 0.3) is 17.0 Å². The number of fused-ring (bicyclic) bond motifs is 1. The summed E-state index contributed by atoms with van der Waals surface area (Å²) >= 11 is 0. The average molecular weight is 381 g/mol. The van der Waals surface area contributed by atoms with Gasteiger partial charge in [-0.05, 0) is 35.9 Å². The molecule has 0 bridgehead atoms. The van der Waals surface area contributed by atoms with Crippen LogP contribution in [0.1, 0.15) is 5.56 Å². The first-order valence-corrected chi connectivity index (χ1v) is 8.86. The zero-order valence-corrected chi connectivity index (χ0v) is 16.1. The van der Waals surface area contributed by atoms with Gasteiger partial charge in [-0.3, -0.25) is 9.59 Å². The summed E-state index contributed by atoms with van der Waals surface area (Å²) in [6, 6.07) is 9.21. The van der Waals surface area contributed by atoms with Crippen molar-refractivity contribution in [3.63, 3.8) is 0 Å². The number of nitrogens with zero attached hydrogens (tertiary/aromatic N) is 2. The molecule has 0 saturated heterocycles. The SMILES string of the molecule is COc1ccc(C=CC(=O)NCCn2ccc3ccn(C)c3c2=O)cc1OC. The predicted molar refractivity (Wildman–Crippen MR) is 109 cm³/mol. The van der Waals surface area contributed by atoms with E-state index >= 15 is 0 Å². The monoisotopic (exact) mass is 381 g/mol. The number of hydrogen-bond donors (Lipinski definition) is 1. The van der Waals surface area contributed by atoms with Crippen LogP contribution >= 0.6 is 0 Å². The van der Waals surface area contributed by atoms with Gasteiger partial charge in [0.2, 0.25) is 5.91 Å². The molecule has 28 heavy (non-hydrogen) atoms. The minimum absolute atomic E-state index is 0.0693. The minimum Gasteiger partial charge on any atom is -0.493 e. The molecule has 2 aromatic heterocycles. The highest BCUT2D eigenvalue weighted by Crippen LogP contribution is 2.27. The van der Waals surface area contributed by atoms with Crippen LogP contribution in [0.5, 0.6) is 11.5 Å². The highest BCUT2D eigenvalue weighted by atomic mass is 16.5. The van der Waals surface area contributed by atoms with E-state index in [4.69, 9.17) is 9.47 Å². The lowest BCUT2D eigenvalue weighted by molar-refractivity contribution is -0.116. The van der Waals surface area contributed by atoms with Gasteiger partial charge in [0.25, 0.3) is 5.56 Å². The third kappa shape index (κ3) is 4.09. The van der Waals surface area contributed by atoms with Crippen LogP contribution in [0.15, 0.2) is 53.6 Å². The smallest absolute Gasteiger partial charge is 0.275 e. The molecular formula is C21H23N3O4. The summed E-state index contributed by atoms with van der Waals surface area (Å²) in [5.41, 5.74) is 1.40. The molecule has 0 unspecified atom stereocenters. The summed E-state index contributed by atoms with van der Waals surface area (Å²) in [6.45, 7) is 0.751. The molecule has 1 N–H and O–H groups in total. The maximum Gasteiger partial charge on any atom is 0.275 e. The highest BCUT2D eigenvalue weighted by Gasteiger charge is 2.06. The molecule has 1 amide bonds. The van der Waals surface area contributed by atoms with Crippen molar-refractivity contribution in [1.82, 2.24) is 14.5 Å². The van der Waals surface area contributed by atoms with E-state index in [1.54, 1.807) is 47.8 Å². The average Bonchev–Trinajstić information content (AvgIpc) is 3.09. The number of amides is 1. The number of aromatic nitrogens is 2. The van der Waals surface area contributed by atoms with Gasteiger partial charge in [-0.2, -0.15) is 0 Å². The van der Waals surface area contributed by atoms with Gasteiger partial charge in [0.05, 0.1) is 14.2 Å². The molecule has 0 aliphatic rings. The van der Waals surface area contributed by atoms with Crippen molar-refractivity contribution in [2.75, 3.05) is 20.8 Å². The summed E-state index contributed by atoms with van der Waals surface area (Å²) in [7, 11) is 4.98. The largest absolute Gasteiger partial charge is 0.493 e. The van der Waals surface area contributed by atoms with E-state index < -0.39 is 0 Å². The lowest BCUT2D eigenvalue weighted by atomic mass is 10.2. The number of benzene rings is 1. The van der Waals surface area contributed by atoms with Crippen molar-refractivity contribution in [2.45, 2.75) is 6.54 Å². The van der Waals surface area contributed by atoms with E-state index in [1.807, 2.05) is 31.4 Å². The number of methoxy groups -OCH3 is 2. The standard InChI is InChI=1S/C21H23N3O4/c1-23-11-8-16-9-12-24(21(26)20(16)23)13-10-22-19(25)7-5-15-4-6-17(27-2)18(14-15)28-3/h4-9,11-12,14H,10,13H2,1-3H3,(H,22,25). The van der Waals surface area contributed by atoms with Crippen LogP contribution in [0.4, 0.5) is 0 Å². The number of ether oxygens (including phenoxy) is 2. The Morgan fingerprint density at radius 2 is 1.86 bits per heavy atom. The molecule has 0 fully saturated rings. The van der Waals surface area contributed by atoms with Crippen molar-refractivity contribution < 1.29 is 14.3 Å². The van der Waals surface area contributed by atoms with E-state index in [0.717, 1.165) is 10.9 Å². The molecule has 7 heteroatoms. The topological polar surface area (TPSA) is 74.5 Å². The summed E-state index contributed by atoms with van der Waals surface area (Å²) in [5.74, 6) is 0.994. The fraction of sp³-hybridized carbons (Fsp3) is 0.238. The Morgan fingerprint density at radius 3 is 2.61 bits per heavy atom. The first-order valence-electron chi connectivity index (χ1n) is 8.86. The fourth-order valence-electron chi connectivity index (χ4n) is 2.99. The molecule has 0 saturated carbocycles. The first kappa shape index (κ1) is 19.3. The van der Waals surface area contributed by atoms with Crippen molar-refractivity contribution in [2.24, 2.45) is 7.05 Å². The van der Waals surface area contributed by atoms with Crippen molar-refractivity contribution in [3.05, 3.63) is 64.7 Å². The molecule has 0 aliphatic heterocycles. The van der Waals surface area contributed by atoms with E-state index in [1.165, 1.54) is 6.08 Å². The maximum atomic E-state index is 12.5. The number of carbonyl (C=O) groups is 1. The minimum atomic E-state index is -0.234. The van der Waals surface area contributed by atoms with Crippen LogP contribution in [0.2, 0.25) is 0 Å². The molecule has 3 aromatic rings. The van der Waals surface area contributed by atoms with E-state index in [2.05, 4.69) is 5.32 Å². The molecule has 1 aromatic carbocycles. The van der Waals surface area contributed by atoms with Gasteiger partial charge in [0, 0.05) is 44.0 Å². The molecule has 146 valence electrons. The molecule has 0 aliphatic carbocycles. The van der Waals surface area contributed by atoms with Crippen LogP contribution in [0, 0.1) is 0 Å². The summed E-state index contributed by atoms with van der Waals surface area (Å²) in [5, 5.41) is 3.70. The maximum absolute atomic E-state index is 12.5. The molecule has 0 atom stereocenters. The third-order valence-corrected chi connectivity index (χ3v) is 4.49. The van der Waals surface area contributed by atoms with Gasteiger partial charge >= 0.3 is 0 Å². The van der Waals surface area contributed by atoms with Gasteiger partial charge in [-0.15, -0.1) is 0 Å². The fourth-order valence-corrected chi connectivity index (χ4v) is 2.99. The lowest BCUT2D eigenvalue weighted by Gasteiger charge is -2.08. The van der Waals surface area contributed by atoms with Gasteiger partial charge < -0.3 is 23.9 Å². The zero-order valence-electron chi connectivity index (χ0n) is 16.1. The zero-order chi connectivity index (χ0) is 20.1. The summed E-state index contributed by atoms with van der Waals surface area (Å²) in [4.78, 5) is 24.6. The van der Waals surface area contributed by atoms with E-state index in [9.17, 15) is 9.59 Å². The molecule has 3 rings (SSSR count). The van der Waals surface area contributed by atoms with Crippen LogP contribution in [0.3, 0.4) is 0 Å². The number of rotatable bonds is 7. The Labute approximate surface area is 162 Å². The normalized spacial score (nSPS) is 11.1. The number of hydrogen-bond acceptors (Lipinski definition) is 4. The number of pyridine rings is 1. The van der Waals surface area contributed by atoms with Crippen LogP contribution in [-0.2, 0) is 18.4 Å². The number of nitrogens with one attached hydrogen (secondary N) is 1. The third-order valence-electron chi connectivity index (χ3n) is 4.49. The quantitative estimate of drug-likeness (QED) is 0.637. The molecule has 0 spiro atoms. The number of aryl methyl sites for hydroxylation is 1. The first-order chi connectivity index (χ1) is 13.5. The molecule has 0 radical (unpaired) electrons. The highest BCUT2D eigenvalue weighted by molar-refractivity contribution is 5.91. The Bertz CT molecular complexity index is 1080. The molecular weight excluding hydrogens is 358 g/mol. The second-order valence-corrected chi connectivity index (χ2v) is 6.28. The Morgan fingerprint density at radius 1 is 1.11 bits per heavy atom. The van der Waals surface area contributed by atoms with Gasteiger partial charge in [0.15, 0.2) is 11.5 Å². The Kier molecular flexibility index (Phi) is 5.84. The van der Waals surface area contributed by atoms with Gasteiger partial charge in [-0.1, -0.05) is 6.07 Å². The summed E-state index contributed by atoms with van der Waals surface area (Å²) < 4.78 is 13.8. The van der Waals surface area contributed by atoms with E-state index in [0.29, 0.717) is 30.1 Å². The number of carbonyl (C=O) groups excluding carboxylic acids is 1. The predicted octanol–water partition coefficient (Wildman–Crippen LogP) is 2.19. The van der Waals surface area contributed by atoms with Crippen molar-refractivity contribution >= 4 is 22.9 Å². The Hall–Kier alpha value is -3.48. The van der Waals surface area contributed by atoms with Crippen molar-refractivity contribution in [3.8, 4) is 11.5 Å².